The summed E-state index contributed by atoms with van der Waals surface area (Å²) in [5, 5.41) is 7.33. The molecule has 6 heteroatoms. The summed E-state index contributed by atoms with van der Waals surface area (Å²) in [6, 6.07) is 12.3. The largest absolute Gasteiger partial charge is 0.490 e. The van der Waals surface area contributed by atoms with Gasteiger partial charge in [-0.25, -0.2) is 13.6 Å². The molecule has 3 rings (SSSR count). The van der Waals surface area contributed by atoms with Crippen LogP contribution in [0.25, 0.3) is 10.8 Å². The molecule has 0 heterocycles. The number of hydrogen-bond acceptors (Lipinski definition) is 4. The molecule has 0 bridgehead atoms. The van der Waals surface area contributed by atoms with Crippen molar-refractivity contribution in [2.45, 2.75) is 52.6 Å². The Hall–Kier alpha value is -1.79. The van der Waals surface area contributed by atoms with Crippen LogP contribution in [0.5, 0.6) is 5.75 Å². The number of rotatable bonds is 6. The first-order valence-corrected chi connectivity index (χ1v) is 12.1. The number of anilines is 1. The number of nitrogens with two attached hydrogens (primary N) is 1. The number of ether oxygens (including phenoxy) is 1. The van der Waals surface area contributed by atoms with Crippen LogP contribution in [0.15, 0.2) is 36.4 Å². The second kappa shape index (κ2) is 8.52. The zero-order valence-electron chi connectivity index (χ0n) is 18.0. The van der Waals surface area contributed by atoms with Gasteiger partial charge in [-0.2, -0.15) is 0 Å². The highest BCUT2D eigenvalue weighted by atomic mass is 32.2. The summed E-state index contributed by atoms with van der Waals surface area (Å²) >= 11 is 0. The zero-order valence-corrected chi connectivity index (χ0v) is 18.8. The fraction of sp³-hybridized carbons (Fsp3) is 0.565. The molecule has 5 nitrogen and oxygen atoms in total. The van der Waals surface area contributed by atoms with Gasteiger partial charge in [0.1, 0.15) is 5.75 Å². The molecule has 1 saturated carbocycles. The van der Waals surface area contributed by atoms with E-state index in [4.69, 9.17) is 9.88 Å². The predicted molar refractivity (Wildman–Crippen MR) is 121 cm³/mol. The van der Waals surface area contributed by atoms with E-state index in [-0.39, 0.29) is 5.75 Å². The Morgan fingerprint density at radius 3 is 2.28 bits per heavy atom. The molecule has 0 aromatic heterocycles. The third-order valence-electron chi connectivity index (χ3n) is 6.15. The van der Waals surface area contributed by atoms with Crippen LogP contribution in [0.1, 0.15) is 46.5 Å². The van der Waals surface area contributed by atoms with Gasteiger partial charge in [-0.1, -0.05) is 32.9 Å². The van der Waals surface area contributed by atoms with Gasteiger partial charge in [0.2, 0.25) is 10.0 Å². The molecule has 0 atom stereocenters. The Kier molecular flexibility index (Phi) is 6.44. The predicted octanol–water partition coefficient (Wildman–Crippen LogP) is 4.55. The van der Waals surface area contributed by atoms with Crippen molar-refractivity contribution in [3.63, 3.8) is 0 Å². The summed E-state index contributed by atoms with van der Waals surface area (Å²) in [6.45, 7) is 7.37. The van der Waals surface area contributed by atoms with E-state index >= 15 is 0 Å². The highest BCUT2D eigenvalue weighted by Gasteiger charge is 2.30. The maximum absolute atomic E-state index is 11.2. The van der Waals surface area contributed by atoms with Gasteiger partial charge in [0.25, 0.3) is 0 Å². The van der Waals surface area contributed by atoms with Gasteiger partial charge in [0.15, 0.2) is 0 Å². The van der Waals surface area contributed by atoms with Crippen LogP contribution in [0, 0.1) is 11.3 Å². The fourth-order valence-corrected chi connectivity index (χ4v) is 4.68. The molecule has 1 fully saturated rings. The first-order valence-electron chi connectivity index (χ1n) is 10.4. The Balaban J connectivity index is 1.64. The second-order valence-corrected chi connectivity index (χ2v) is 11.2. The molecule has 0 radical (unpaired) electrons. The second-order valence-electron chi connectivity index (χ2n) is 9.44. The maximum Gasteiger partial charge on any atom is 0.210 e. The Morgan fingerprint density at radius 2 is 1.66 bits per heavy atom. The van der Waals surface area contributed by atoms with E-state index in [1.165, 1.54) is 12.8 Å². The minimum absolute atomic E-state index is 0.0637. The Morgan fingerprint density at radius 1 is 1.03 bits per heavy atom. The Labute approximate surface area is 175 Å². The molecule has 2 N–H and O–H groups in total. The van der Waals surface area contributed by atoms with Gasteiger partial charge in [0.05, 0.1) is 11.9 Å². The van der Waals surface area contributed by atoms with Crippen LogP contribution in [0.3, 0.4) is 0 Å². The van der Waals surface area contributed by atoms with Gasteiger partial charge < -0.3 is 9.64 Å². The summed E-state index contributed by atoms with van der Waals surface area (Å²) in [4.78, 5) is 1.90. The minimum atomic E-state index is -3.46. The summed E-state index contributed by atoms with van der Waals surface area (Å²) in [6.07, 6.45) is 5.00. The van der Waals surface area contributed by atoms with E-state index in [0.29, 0.717) is 18.1 Å². The van der Waals surface area contributed by atoms with E-state index in [0.717, 1.165) is 41.0 Å². The Bertz CT molecular complexity index is 942. The van der Waals surface area contributed by atoms with Gasteiger partial charge in [-0.3, -0.25) is 0 Å². The van der Waals surface area contributed by atoms with E-state index in [2.05, 4.69) is 45.0 Å². The molecular formula is C23H34N2O3S. The highest BCUT2D eigenvalue weighted by Crippen LogP contribution is 2.39. The van der Waals surface area contributed by atoms with Crippen molar-refractivity contribution in [1.29, 1.82) is 0 Å². The van der Waals surface area contributed by atoms with Gasteiger partial charge in [-0.15, -0.1) is 0 Å². The van der Waals surface area contributed by atoms with Crippen LogP contribution in [0.4, 0.5) is 5.69 Å². The maximum atomic E-state index is 11.2. The van der Waals surface area contributed by atoms with Crippen LogP contribution >= 0.6 is 0 Å². The summed E-state index contributed by atoms with van der Waals surface area (Å²) < 4.78 is 28.7. The zero-order chi connectivity index (χ0) is 21.2. The average molecular weight is 419 g/mol. The molecule has 0 amide bonds. The van der Waals surface area contributed by atoms with Crippen LogP contribution in [-0.4, -0.2) is 33.9 Å². The molecule has 2 aromatic carbocycles. The molecule has 1 aliphatic rings. The normalized spacial score (nSPS) is 20.6. The smallest absolute Gasteiger partial charge is 0.210 e. The van der Waals surface area contributed by atoms with Crippen LogP contribution in [-0.2, 0) is 10.0 Å². The lowest BCUT2D eigenvalue weighted by molar-refractivity contribution is 0.0883. The SMILES string of the molecule is CN(CCS(N)(=O)=O)c1ccc2cc(OC3CCC(C(C)(C)C)CC3)ccc2c1. The van der Waals surface area contributed by atoms with Crippen molar-refractivity contribution >= 4 is 26.5 Å². The summed E-state index contributed by atoms with van der Waals surface area (Å²) in [5.74, 6) is 1.64. The molecule has 29 heavy (non-hydrogen) atoms. The van der Waals surface area contributed by atoms with E-state index in [1.807, 2.05) is 24.1 Å². The van der Waals surface area contributed by atoms with Gasteiger partial charge >= 0.3 is 0 Å². The van der Waals surface area contributed by atoms with Crippen molar-refractivity contribution in [2.75, 3.05) is 24.2 Å². The third kappa shape index (κ3) is 6.09. The summed E-state index contributed by atoms with van der Waals surface area (Å²) in [7, 11) is -1.59. The minimum Gasteiger partial charge on any atom is -0.490 e. The van der Waals surface area contributed by atoms with Gasteiger partial charge in [-0.05, 0) is 72.1 Å². The van der Waals surface area contributed by atoms with Crippen molar-refractivity contribution < 1.29 is 13.2 Å². The van der Waals surface area contributed by atoms with Crippen molar-refractivity contribution in [2.24, 2.45) is 16.5 Å². The molecule has 1 aliphatic carbocycles. The number of sulfonamides is 1. The topological polar surface area (TPSA) is 72.6 Å². The van der Waals surface area contributed by atoms with Crippen molar-refractivity contribution in [3.05, 3.63) is 36.4 Å². The van der Waals surface area contributed by atoms with Crippen molar-refractivity contribution in [1.82, 2.24) is 0 Å². The molecular weight excluding hydrogens is 384 g/mol. The monoisotopic (exact) mass is 418 g/mol. The third-order valence-corrected chi connectivity index (χ3v) is 6.90. The number of fused-ring (bicyclic) bond motifs is 1. The molecule has 160 valence electrons. The van der Waals surface area contributed by atoms with E-state index in [9.17, 15) is 8.42 Å². The molecule has 0 saturated heterocycles. The first kappa shape index (κ1) is 21.9. The molecule has 2 aromatic rings. The van der Waals surface area contributed by atoms with E-state index in [1.54, 1.807) is 0 Å². The lowest BCUT2D eigenvalue weighted by atomic mass is 9.72. The number of benzene rings is 2. The number of nitrogens with zero attached hydrogens (tertiary/aromatic N) is 1. The lowest BCUT2D eigenvalue weighted by Gasteiger charge is -2.37. The van der Waals surface area contributed by atoms with Crippen LogP contribution in [0.2, 0.25) is 0 Å². The quantitative estimate of drug-likeness (QED) is 0.747. The average Bonchev–Trinajstić information content (AvgIpc) is 2.65. The van der Waals surface area contributed by atoms with Crippen LogP contribution < -0.4 is 14.8 Å². The molecule has 0 unspecified atom stereocenters. The summed E-state index contributed by atoms with van der Waals surface area (Å²) in [5.41, 5.74) is 1.35. The van der Waals surface area contributed by atoms with Crippen molar-refractivity contribution in [3.8, 4) is 5.75 Å². The van der Waals surface area contributed by atoms with E-state index < -0.39 is 10.0 Å². The molecule has 0 aliphatic heterocycles. The standard InChI is InChI=1S/C23H34N2O3S/c1-23(2,3)19-7-11-21(12-8-19)28-22-10-6-17-15-20(9-5-18(17)16-22)25(4)13-14-29(24,26)27/h5-6,9-10,15-16,19,21H,7-8,11-14H2,1-4H3,(H2,24,26,27). The lowest BCUT2D eigenvalue weighted by Crippen LogP contribution is -2.30. The molecule has 0 spiro atoms. The first-order chi connectivity index (χ1) is 13.5. The fourth-order valence-electron chi connectivity index (χ4n) is 4.15. The van der Waals surface area contributed by atoms with Gasteiger partial charge in [0, 0.05) is 19.3 Å². The number of primary sulfonamides is 1. The number of hydrogen-bond donors (Lipinski definition) is 1. The highest BCUT2D eigenvalue weighted by molar-refractivity contribution is 7.89.